The van der Waals surface area contributed by atoms with Crippen molar-refractivity contribution in [1.82, 2.24) is 0 Å². The Morgan fingerprint density at radius 1 is 1.23 bits per heavy atom. The first-order valence-electron chi connectivity index (χ1n) is 11.0. The van der Waals surface area contributed by atoms with Gasteiger partial charge in [0.05, 0.1) is 22.0 Å². The fraction of sp³-hybridized carbons (Fsp3) is 0.458. The summed E-state index contributed by atoms with van der Waals surface area (Å²) in [5, 5.41) is 17.8. The van der Waals surface area contributed by atoms with E-state index in [9.17, 15) is 14.3 Å². The number of aryl methyl sites for hydroxylation is 1. The summed E-state index contributed by atoms with van der Waals surface area (Å²) in [7, 11) is 0. The van der Waals surface area contributed by atoms with Crippen LogP contribution in [0.15, 0.2) is 30.3 Å². The molecule has 7 heteroatoms. The lowest BCUT2D eigenvalue weighted by Gasteiger charge is -2.40. The van der Waals surface area contributed by atoms with Gasteiger partial charge in [0, 0.05) is 37.3 Å². The second-order valence-electron chi connectivity index (χ2n) is 8.60. The fourth-order valence-corrected chi connectivity index (χ4v) is 4.79. The summed E-state index contributed by atoms with van der Waals surface area (Å²) >= 11 is 6.52. The average Bonchev–Trinajstić information content (AvgIpc) is 2.75. The summed E-state index contributed by atoms with van der Waals surface area (Å²) in [4.78, 5) is 13.8. The number of benzene rings is 2. The first kappa shape index (κ1) is 21.9. The first-order valence-corrected chi connectivity index (χ1v) is 11.4. The Morgan fingerprint density at radius 3 is 2.71 bits per heavy atom. The highest BCUT2D eigenvalue weighted by molar-refractivity contribution is 6.33. The van der Waals surface area contributed by atoms with E-state index in [1.54, 1.807) is 6.07 Å². The molecule has 0 atom stereocenters. The Balaban J connectivity index is 1.39. The molecule has 31 heavy (non-hydrogen) atoms. The van der Waals surface area contributed by atoms with Crippen LogP contribution in [0.1, 0.15) is 43.7 Å². The van der Waals surface area contributed by atoms with E-state index in [0.717, 1.165) is 34.8 Å². The van der Waals surface area contributed by atoms with Crippen molar-refractivity contribution in [3.05, 3.63) is 52.3 Å². The van der Waals surface area contributed by atoms with E-state index < -0.39 is 11.4 Å². The van der Waals surface area contributed by atoms with Gasteiger partial charge in [-0.3, -0.25) is 4.79 Å². The number of hydrogen-bond donors (Lipinski definition) is 3. The SMILES string of the molecule is CCCc1ccc(N2CCC(O)(CNc3ccc(F)c4c3CCC(=O)N4)CC2)c(Cl)c1. The van der Waals surface area contributed by atoms with Crippen LogP contribution in [0.2, 0.25) is 5.02 Å². The lowest BCUT2D eigenvalue weighted by atomic mass is 9.90. The van der Waals surface area contributed by atoms with E-state index in [-0.39, 0.29) is 11.6 Å². The molecule has 0 unspecified atom stereocenters. The van der Waals surface area contributed by atoms with Crippen molar-refractivity contribution < 1.29 is 14.3 Å². The number of anilines is 3. The van der Waals surface area contributed by atoms with Gasteiger partial charge in [-0.25, -0.2) is 4.39 Å². The van der Waals surface area contributed by atoms with Crippen LogP contribution in [0.4, 0.5) is 21.5 Å². The standard InChI is InChI=1S/C24H29ClFN3O2/c1-2-3-16-4-8-21(18(25)14-16)29-12-10-24(31,11-13-29)15-27-20-7-6-19(26)23-17(20)5-9-22(30)28-23/h4,6-8,14,27,31H,2-3,5,9-13,15H2,1H3,(H,28,30). The van der Waals surface area contributed by atoms with Crippen LogP contribution in [0, 0.1) is 5.82 Å². The number of hydrogen-bond acceptors (Lipinski definition) is 4. The predicted octanol–water partition coefficient (Wildman–Crippen LogP) is 4.76. The number of rotatable bonds is 6. The Labute approximate surface area is 187 Å². The van der Waals surface area contributed by atoms with Crippen LogP contribution in [-0.2, 0) is 17.6 Å². The lowest BCUT2D eigenvalue weighted by Crippen LogP contribution is -2.48. The van der Waals surface area contributed by atoms with E-state index in [0.29, 0.717) is 45.3 Å². The number of nitrogens with zero attached hydrogens (tertiary/aromatic N) is 1. The Hall–Kier alpha value is -2.31. The number of piperidine rings is 1. The molecule has 0 saturated carbocycles. The van der Waals surface area contributed by atoms with Crippen molar-refractivity contribution >= 4 is 34.6 Å². The topological polar surface area (TPSA) is 64.6 Å². The fourth-order valence-electron chi connectivity index (χ4n) is 4.47. The van der Waals surface area contributed by atoms with Crippen molar-refractivity contribution in [2.45, 2.75) is 51.0 Å². The van der Waals surface area contributed by atoms with Gasteiger partial charge in [0.15, 0.2) is 0 Å². The van der Waals surface area contributed by atoms with Gasteiger partial charge in [-0.1, -0.05) is 31.0 Å². The minimum Gasteiger partial charge on any atom is -0.388 e. The van der Waals surface area contributed by atoms with Gasteiger partial charge in [0.2, 0.25) is 5.91 Å². The molecule has 2 heterocycles. The van der Waals surface area contributed by atoms with Crippen LogP contribution in [0.3, 0.4) is 0 Å². The summed E-state index contributed by atoms with van der Waals surface area (Å²) < 4.78 is 14.1. The molecule has 4 rings (SSSR count). The van der Waals surface area contributed by atoms with E-state index in [2.05, 4.69) is 34.6 Å². The molecule has 2 aromatic carbocycles. The monoisotopic (exact) mass is 445 g/mol. The van der Waals surface area contributed by atoms with E-state index in [1.807, 2.05) is 6.07 Å². The number of halogens is 2. The molecule has 1 fully saturated rings. The maximum Gasteiger partial charge on any atom is 0.224 e. The molecule has 1 amide bonds. The van der Waals surface area contributed by atoms with Crippen molar-refractivity contribution in [3.63, 3.8) is 0 Å². The average molecular weight is 446 g/mol. The quantitative estimate of drug-likeness (QED) is 0.599. The second-order valence-corrected chi connectivity index (χ2v) is 9.00. The van der Waals surface area contributed by atoms with Gasteiger partial charge in [-0.15, -0.1) is 0 Å². The number of carbonyl (C=O) groups excluding carboxylic acids is 1. The summed E-state index contributed by atoms with van der Waals surface area (Å²) in [6, 6.07) is 9.28. The Kier molecular flexibility index (Phi) is 6.39. The van der Waals surface area contributed by atoms with Gasteiger partial charge < -0.3 is 20.6 Å². The third-order valence-corrected chi connectivity index (χ3v) is 6.62. The van der Waals surface area contributed by atoms with Crippen molar-refractivity contribution in [2.75, 3.05) is 35.2 Å². The minimum atomic E-state index is -0.857. The maximum absolute atomic E-state index is 14.1. The van der Waals surface area contributed by atoms with Gasteiger partial charge in [-0.2, -0.15) is 0 Å². The molecule has 0 aliphatic carbocycles. The number of aliphatic hydroxyl groups is 1. The number of nitrogens with one attached hydrogen (secondary N) is 2. The zero-order valence-electron chi connectivity index (χ0n) is 17.8. The molecule has 0 bridgehead atoms. The van der Waals surface area contributed by atoms with E-state index >= 15 is 0 Å². The minimum absolute atomic E-state index is 0.170. The summed E-state index contributed by atoms with van der Waals surface area (Å²) in [6.45, 7) is 3.94. The molecule has 2 aliphatic rings. The summed E-state index contributed by atoms with van der Waals surface area (Å²) in [5.74, 6) is -0.599. The molecule has 0 radical (unpaired) electrons. The molecular weight excluding hydrogens is 417 g/mol. The predicted molar refractivity (Wildman–Crippen MR) is 124 cm³/mol. The highest BCUT2D eigenvalue weighted by Crippen LogP contribution is 2.35. The highest BCUT2D eigenvalue weighted by Gasteiger charge is 2.33. The van der Waals surface area contributed by atoms with Crippen molar-refractivity contribution in [1.29, 1.82) is 0 Å². The van der Waals surface area contributed by atoms with Gasteiger partial charge >= 0.3 is 0 Å². The lowest BCUT2D eigenvalue weighted by molar-refractivity contribution is -0.116. The molecule has 3 N–H and O–H groups in total. The zero-order chi connectivity index (χ0) is 22.0. The molecule has 2 aliphatic heterocycles. The molecule has 5 nitrogen and oxygen atoms in total. The number of carbonyl (C=O) groups is 1. The van der Waals surface area contributed by atoms with Crippen LogP contribution in [0.5, 0.6) is 0 Å². The van der Waals surface area contributed by atoms with Crippen molar-refractivity contribution in [3.8, 4) is 0 Å². The van der Waals surface area contributed by atoms with Gasteiger partial charge in [0.1, 0.15) is 5.82 Å². The van der Waals surface area contributed by atoms with Gasteiger partial charge in [0.25, 0.3) is 0 Å². The van der Waals surface area contributed by atoms with Crippen LogP contribution >= 0.6 is 11.6 Å². The Bertz CT molecular complexity index is 974. The highest BCUT2D eigenvalue weighted by atomic mass is 35.5. The first-order chi connectivity index (χ1) is 14.9. The van der Waals surface area contributed by atoms with Crippen LogP contribution < -0.4 is 15.5 Å². The summed E-state index contributed by atoms with van der Waals surface area (Å²) in [5.41, 5.74) is 3.18. The smallest absolute Gasteiger partial charge is 0.224 e. The number of amides is 1. The van der Waals surface area contributed by atoms with Crippen LogP contribution in [0.25, 0.3) is 0 Å². The molecular formula is C24H29ClFN3O2. The van der Waals surface area contributed by atoms with Crippen LogP contribution in [-0.4, -0.2) is 36.2 Å². The van der Waals surface area contributed by atoms with Crippen molar-refractivity contribution in [2.24, 2.45) is 0 Å². The molecule has 1 saturated heterocycles. The third-order valence-electron chi connectivity index (χ3n) is 6.32. The molecule has 166 valence electrons. The number of fused-ring (bicyclic) bond motifs is 1. The third kappa shape index (κ3) is 4.80. The Morgan fingerprint density at radius 2 is 2.00 bits per heavy atom. The normalized spacial score (nSPS) is 17.8. The zero-order valence-corrected chi connectivity index (χ0v) is 18.6. The molecule has 0 aromatic heterocycles. The van der Waals surface area contributed by atoms with E-state index in [1.165, 1.54) is 11.6 Å². The second kappa shape index (κ2) is 9.05. The maximum atomic E-state index is 14.1. The largest absolute Gasteiger partial charge is 0.388 e. The molecule has 2 aromatic rings. The summed E-state index contributed by atoms with van der Waals surface area (Å²) in [6.07, 6.45) is 4.13. The van der Waals surface area contributed by atoms with Gasteiger partial charge in [-0.05, 0) is 55.5 Å². The van der Waals surface area contributed by atoms with E-state index in [4.69, 9.17) is 11.6 Å². The molecule has 0 spiro atoms.